The first-order valence-corrected chi connectivity index (χ1v) is 8.47. The first kappa shape index (κ1) is 17.7. The number of carbonyl (C=O) groups is 1. The first-order chi connectivity index (χ1) is 9.63. The van der Waals surface area contributed by atoms with Crippen molar-refractivity contribution in [2.24, 2.45) is 5.92 Å². The molecule has 0 fully saturated rings. The van der Waals surface area contributed by atoms with Gasteiger partial charge in [0.25, 0.3) is 0 Å². The molecule has 6 heteroatoms. The van der Waals surface area contributed by atoms with Gasteiger partial charge in [-0.25, -0.2) is 8.42 Å². The van der Waals surface area contributed by atoms with E-state index in [2.05, 4.69) is 4.72 Å². The largest absolute Gasteiger partial charge is 0.480 e. The van der Waals surface area contributed by atoms with E-state index in [4.69, 9.17) is 5.11 Å². The van der Waals surface area contributed by atoms with Gasteiger partial charge in [-0.15, -0.1) is 0 Å². The lowest BCUT2D eigenvalue weighted by Crippen LogP contribution is -2.41. The molecule has 0 saturated carbocycles. The lowest BCUT2D eigenvalue weighted by Gasteiger charge is -2.17. The summed E-state index contributed by atoms with van der Waals surface area (Å²) in [7, 11) is -3.84. The maximum absolute atomic E-state index is 12.3. The van der Waals surface area contributed by atoms with E-state index in [-0.39, 0.29) is 23.2 Å². The molecule has 5 nitrogen and oxygen atoms in total. The number of carboxylic acid groups (broad SMARTS) is 1. The quantitative estimate of drug-likeness (QED) is 0.810. The number of hydrogen-bond acceptors (Lipinski definition) is 3. The van der Waals surface area contributed by atoms with E-state index in [1.165, 1.54) is 6.07 Å². The van der Waals surface area contributed by atoms with Gasteiger partial charge in [-0.3, -0.25) is 4.79 Å². The molecule has 0 heterocycles. The number of carboxylic acids is 1. The van der Waals surface area contributed by atoms with Crippen LogP contribution in [0.3, 0.4) is 0 Å². The van der Waals surface area contributed by atoms with Crippen LogP contribution in [-0.2, 0) is 14.8 Å². The fourth-order valence-corrected chi connectivity index (χ4v) is 3.22. The van der Waals surface area contributed by atoms with E-state index in [9.17, 15) is 13.2 Å². The Bertz CT molecular complexity index is 593. The number of aliphatic carboxylic acids is 1. The Morgan fingerprint density at radius 3 is 2.33 bits per heavy atom. The molecule has 0 spiro atoms. The van der Waals surface area contributed by atoms with E-state index in [1.54, 1.807) is 12.1 Å². The highest BCUT2D eigenvalue weighted by molar-refractivity contribution is 7.89. The molecule has 0 radical (unpaired) electrons. The lowest BCUT2D eigenvalue weighted by molar-refractivity contribution is -0.139. The Morgan fingerprint density at radius 2 is 1.86 bits per heavy atom. The number of sulfonamides is 1. The maximum Gasteiger partial charge on any atom is 0.321 e. The van der Waals surface area contributed by atoms with Crippen LogP contribution in [-0.4, -0.2) is 25.5 Å². The summed E-state index contributed by atoms with van der Waals surface area (Å²) in [5.41, 5.74) is 0.897. The smallest absolute Gasteiger partial charge is 0.321 e. The molecule has 0 saturated heterocycles. The SMILES string of the molecule is CC(C)C[C@@H](NS(=O)(=O)c1cccc(C(C)C)c1)C(=O)O. The highest BCUT2D eigenvalue weighted by atomic mass is 32.2. The van der Waals surface area contributed by atoms with Crippen molar-refractivity contribution in [3.63, 3.8) is 0 Å². The fraction of sp³-hybridized carbons (Fsp3) is 0.533. The van der Waals surface area contributed by atoms with Gasteiger partial charge in [0.05, 0.1) is 4.90 Å². The number of rotatable bonds is 7. The van der Waals surface area contributed by atoms with Crippen LogP contribution >= 0.6 is 0 Å². The van der Waals surface area contributed by atoms with Crippen molar-refractivity contribution in [3.8, 4) is 0 Å². The summed E-state index contributed by atoms with van der Waals surface area (Å²) in [5.74, 6) is -0.880. The monoisotopic (exact) mass is 313 g/mol. The van der Waals surface area contributed by atoms with Crippen LogP contribution in [0.25, 0.3) is 0 Å². The minimum absolute atomic E-state index is 0.0794. The standard InChI is InChI=1S/C15H23NO4S/c1-10(2)8-14(15(17)18)16-21(19,20)13-7-5-6-12(9-13)11(3)4/h5-7,9-11,14,16H,8H2,1-4H3,(H,17,18)/t14-/m1/s1. The average molecular weight is 313 g/mol. The highest BCUT2D eigenvalue weighted by Gasteiger charge is 2.26. The van der Waals surface area contributed by atoms with E-state index in [0.29, 0.717) is 0 Å². The third-order valence-electron chi connectivity index (χ3n) is 3.14. The fourth-order valence-electron chi connectivity index (χ4n) is 1.97. The molecule has 0 unspecified atom stereocenters. The van der Waals surface area contributed by atoms with E-state index >= 15 is 0 Å². The zero-order valence-electron chi connectivity index (χ0n) is 12.8. The molecule has 118 valence electrons. The van der Waals surface area contributed by atoms with Crippen LogP contribution in [0.2, 0.25) is 0 Å². The van der Waals surface area contributed by atoms with Gasteiger partial charge in [-0.05, 0) is 36.0 Å². The molecule has 21 heavy (non-hydrogen) atoms. The molecule has 0 bridgehead atoms. The molecule has 1 atom stereocenters. The summed E-state index contributed by atoms with van der Waals surface area (Å²) in [6.07, 6.45) is 0.248. The second kappa shape index (κ2) is 7.04. The van der Waals surface area contributed by atoms with Gasteiger partial charge in [0.15, 0.2) is 0 Å². The molecular weight excluding hydrogens is 290 g/mol. The van der Waals surface area contributed by atoms with Crippen LogP contribution in [0.4, 0.5) is 0 Å². The predicted molar refractivity (Wildman–Crippen MR) is 81.7 cm³/mol. The Labute approximate surface area is 126 Å². The van der Waals surface area contributed by atoms with E-state index in [0.717, 1.165) is 5.56 Å². The topological polar surface area (TPSA) is 83.5 Å². The van der Waals surface area contributed by atoms with Gasteiger partial charge < -0.3 is 5.11 Å². The van der Waals surface area contributed by atoms with Crippen LogP contribution in [0, 0.1) is 5.92 Å². The van der Waals surface area contributed by atoms with Crippen molar-refractivity contribution in [2.45, 2.75) is 51.0 Å². The van der Waals surface area contributed by atoms with Gasteiger partial charge in [0.1, 0.15) is 6.04 Å². The molecule has 0 aliphatic heterocycles. The average Bonchev–Trinajstić information content (AvgIpc) is 2.37. The summed E-state index contributed by atoms with van der Waals surface area (Å²) in [6, 6.07) is 5.47. The molecule has 0 aliphatic rings. The Kier molecular flexibility index (Phi) is 5.92. The molecule has 1 rings (SSSR count). The van der Waals surface area contributed by atoms with Gasteiger partial charge in [-0.1, -0.05) is 39.8 Å². The second-order valence-electron chi connectivity index (χ2n) is 5.87. The van der Waals surface area contributed by atoms with Crippen molar-refractivity contribution in [1.29, 1.82) is 0 Å². The van der Waals surface area contributed by atoms with Gasteiger partial charge in [-0.2, -0.15) is 4.72 Å². The summed E-state index contributed by atoms with van der Waals surface area (Å²) in [4.78, 5) is 11.3. The molecule has 0 amide bonds. The summed E-state index contributed by atoms with van der Waals surface area (Å²) < 4.78 is 26.9. The molecule has 1 aromatic carbocycles. The van der Waals surface area contributed by atoms with Gasteiger partial charge in [0, 0.05) is 0 Å². The Balaban J connectivity index is 3.04. The number of benzene rings is 1. The zero-order chi connectivity index (χ0) is 16.2. The van der Waals surface area contributed by atoms with Crippen LogP contribution < -0.4 is 4.72 Å². The molecular formula is C15H23NO4S. The second-order valence-corrected chi connectivity index (χ2v) is 7.58. The number of nitrogens with one attached hydrogen (secondary N) is 1. The molecule has 0 aliphatic carbocycles. The van der Waals surface area contributed by atoms with Crippen molar-refractivity contribution in [2.75, 3.05) is 0 Å². The van der Waals surface area contributed by atoms with Gasteiger partial charge >= 0.3 is 5.97 Å². The molecule has 2 N–H and O–H groups in total. The predicted octanol–water partition coefficient (Wildman–Crippen LogP) is 2.59. The third kappa shape index (κ3) is 5.13. The van der Waals surface area contributed by atoms with Crippen molar-refractivity contribution < 1.29 is 18.3 Å². The normalized spacial score (nSPS) is 13.6. The van der Waals surface area contributed by atoms with Crippen LogP contribution in [0.15, 0.2) is 29.2 Å². The lowest BCUT2D eigenvalue weighted by atomic mass is 10.0. The van der Waals surface area contributed by atoms with Gasteiger partial charge in [0.2, 0.25) is 10.0 Å². The van der Waals surface area contributed by atoms with Crippen molar-refractivity contribution in [3.05, 3.63) is 29.8 Å². The summed E-state index contributed by atoms with van der Waals surface area (Å²) in [6.45, 7) is 7.64. The third-order valence-corrected chi connectivity index (χ3v) is 4.61. The van der Waals surface area contributed by atoms with Crippen LogP contribution in [0.1, 0.15) is 45.6 Å². The first-order valence-electron chi connectivity index (χ1n) is 6.98. The molecule has 0 aromatic heterocycles. The zero-order valence-corrected chi connectivity index (χ0v) is 13.6. The van der Waals surface area contributed by atoms with E-state index < -0.39 is 22.0 Å². The summed E-state index contributed by atoms with van der Waals surface area (Å²) in [5, 5.41) is 9.15. The maximum atomic E-state index is 12.3. The van der Waals surface area contributed by atoms with Crippen LogP contribution in [0.5, 0.6) is 0 Å². The van der Waals surface area contributed by atoms with E-state index in [1.807, 2.05) is 33.8 Å². The number of hydrogen-bond donors (Lipinski definition) is 2. The molecule has 1 aromatic rings. The Morgan fingerprint density at radius 1 is 1.24 bits per heavy atom. The highest BCUT2D eigenvalue weighted by Crippen LogP contribution is 2.19. The van der Waals surface area contributed by atoms with Crippen molar-refractivity contribution in [1.82, 2.24) is 4.72 Å². The summed E-state index contributed by atoms with van der Waals surface area (Å²) >= 11 is 0. The minimum Gasteiger partial charge on any atom is -0.480 e. The van der Waals surface area contributed by atoms with Crippen molar-refractivity contribution >= 4 is 16.0 Å². The Hall–Kier alpha value is -1.40. The minimum atomic E-state index is -3.84.